The molecule has 4 nitrogen and oxygen atoms in total. The number of nitrogens with zero attached hydrogens (tertiary/aromatic N) is 2. The van der Waals surface area contributed by atoms with Crippen molar-refractivity contribution in [3.8, 4) is 0 Å². The second-order valence-corrected chi connectivity index (χ2v) is 9.69. The van der Waals surface area contributed by atoms with E-state index >= 15 is 0 Å². The smallest absolute Gasteiger partial charge is 0.330 e. The Balaban J connectivity index is 1.41. The van der Waals surface area contributed by atoms with Gasteiger partial charge in [-0.3, -0.25) is 9.59 Å². The lowest BCUT2D eigenvalue weighted by molar-refractivity contribution is -0.137. The third kappa shape index (κ3) is 4.46. The molecular formula is C26H23F3N2O2S. The number of amides is 2. The maximum absolute atomic E-state index is 13.6. The molecule has 3 aromatic rings. The Kier molecular flexibility index (Phi) is 5.93. The second kappa shape index (κ2) is 8.91. The predicted molar refractivity (Wildman–Crippen MR) is 124 cm³/mol. The van der Waals surface area contributed by atoms with Gasteiger partial charge in [0.05, 0.1) is 11.6 Å². The van der Waals surface area contributed by atoms with Gasteiger partial charge in [0, 0.05) is 23.0 Å². The topological polar surface area (TPSA) is 40.6 Å². The van der Waals surface area contributed by atoms with E-state index in [4.69, 9.17) is 0 Å². The molecule has 1 unspecified atom stereocenters. The van der Waals surface area contributed by atoms with Gasteiger partial charge in [0.15, 0.2) is 0 Å². The Bertz CT molecular complexity index is 1200. The van der Waals surface area contributed by atoms with Gasteiger partial charge >= 0.3 is 6.18 Å². The molecular weight excluding hydrogens is 461 g/mol. The number of hydrogen-bond acceptors (Lipinski definition) is 3. The summed E-state index contributed by atoms with van der Waals surface area (Å²) in [4.78, 5) is 31.3. The van der Waals surface area contributed by atoms with Crippen LogP contribution in [0.1, 0.15) is 50.8 Å². The molecule has 1 aliphatic heterocycles. The third-order valence-electron chi connectivity index (χ3n) is 6.39. The van der Waals surface area contributed by atoms with Crippen molar-refractivity contribution in [2.45, 2.75) is 37.5 Å². The van der Waals surface area contributed by atoms with Crippen molar-refractivity contribution in [3.05, 3.63) is 93.2 Å². The van der Waals surface area contributed by atoms with Crippen LogP contribution in [-0.2, 0) is 17.4 Å². The lowest BCUT2D eigenvalue weighted by atomic mass is 9.93. The summed E-state index contributed by atoms with van der Waals surface area (Å²) in [6.07, 6.45) is -2.30. The minimum absolute atomic E-state index is 0.0482. The highest BCUT2D eigenvalue weighted by atomic mass is 32.1. The Morgan fingerprint density at radius 3 is 2.50 bits per heavy atom. The van der Waals surface area contributed by atoms with E-state index in [1.165, 1.54) is 21.9 Å². The molecule has 176 valence electrons. The molecule has 1 saturated carbocycles. The summed E-state index contributed by atoms with van der Waals surface area (Å²) in [5, 5.41) is 2.03. The lowest BCUT2D eigenvalue weighted by Gasteiger charge is -2.37. The molecule has 1 aliphatic carbocycles. The molecule has 0 spiro atoms. The molecule has 8 heteroatoms. The van der Waals surface area contributed by atoms with Crippen LogP contribution in [0.15, 0.2) is 66.0 Å². The molecule has 0 bridgehead atoms. The zero-order valence-electron chi connectivity index (χ0n) is 18.3. The van der Waals surface area contributed by atoms with Crippen molar-refractivity contribution in [3.63, 3.8) is 0 Å². The number of thiophene rings is 1. The monoisotopic (exact) mass is 484 g/mol. The highest BCUT2D eigenvalue weighted by Crippen LogP contribution is 2.38. The number of hydrogen-bond donors (Lipinski definition) is 0. The zero-order valence-corrected chi connectivity index (χ0v) is 19.1. The average molecular weight is 485 g/mol. The summed E-state index contributed by atoms with van der Waals surface area (Å²) >= 11 is 1.68. The molecule has 5 rings (SSSR count). The summed E-state index contributed by atoms with van der Waals surface area (Å²) in [6, 6.07) is 15.9. The Labute approximate surface area is 199 Å². The van der Waals surface area contributed by atoms with Gasteiger partial charge in [-0.05, 0) is 60.0 Å². The minimum Gasteiger partial charge on any atom is -0.330 e. The van der Waals surface area contributed by atoms with Crippen LogP contribution in [0.3, 0.4) is 0 Å². The van der Waals surface area contributed by atoms with Crippen molar-refractivity contribution in [2.75, 3.05) is 13.1 Å². The molecule has 2 aromatic carbocycles. The molecule has 2 amide bonds. The van der Waals surface area contributed by atoms with Gasteiger partial charge in [0.2, 0.25) is 5.91 Å². The van der Waals surface area contributed by atoms with E-state index in [-0.39, 0.29) is 30.1 Å². The molecule has 34 heavy (non-hydrogen) atoms. The summed E-state index contributed by atoms with van der Waals surface area (Å²) in [5.74, 6) is -0.732. The van der Waals surface area contributed by atoms with Crippen LogP contribution >= 0.6 is 11.3 Å². The normalized spacial score (nSPS) is 17.9. The molecule has 1 fully saturated rings. The largest absolute Gasteiger partial charge is 0.416 e. The first-order chi connectivity index (χ1) is 16.3. The number of alkyl halides is 3. The third-order valence-corrected chi connectivity index (χ3v) is 7.39. The quantitative estimate of drug-likeness (QED) is 0.477. The van der Waals surface area contributed by atoms with Crippen molar-refractivity contribution in [2.24, 2.45) is 0 Å². The van der Waals surface area contributed by atoms with Crippen LogP contribution < -0.4 is 0 Å². The molecule has 1 atom stereocenters. The number of carbonyl (C=O) groups excluding carboxylic acids is 2. The van der Waals surface area contributed by atoms with Gasteiger partial charge in [-0.2, -0.15) is 13.2 Å². The van der Waals surface area contributed by atoms with E-state index in [0.29, 0.717) is 6.54 Å². The number of fused-ring (bicyclic) bond motifs is 1. The average Bonchev–Trinajstić information content (AvgIpc) is 3.57. The van der Waals surface area contributed by atoms with Crippen LogP contribution in [0.5, 0.6) is 0 Å². The van der Waals surface area contributed by atoms with Gasteiger partial charge in [-0.1, -0.05) is 36.4 Å². The first kappa shape index (κ1) is 22.7. The number of rotatable bonds is 5. The second-order valence-electron chi connectivity index (χ2n) is 8.69. The summed E-state index contributed by atoms with van der Waals surface area (Å²) < 4.78 is 39.5. The number of carbonyl (C=O) groups is 2. The SMILES string of the molecule is O=C(c1cccc(C(F)(F)F)c1)N(CC(=O)N1CCc2sccc2C1c1ccccc1)C1CC1. The fourth-order valence-electron chi connectivity index (χ4n) is 4.56. The van der Waals surface area contributed by atoms with Gasteiger partial charge in [-0.25, -0.2) is 0 Å². The Morgan fingerprint density at radius 2 is 1.79 bits per heavy atom. The van der Waals surface area contributed by atoms with Crippen molar-refractivity contribution in [1.82, 2.24) is 9.80 Å². The molecule has 0 radical (unpaired) electrons. The van der Waals surface area contributed by atoms with E-state index in [1.54, 1.807) is 16.2 Å². The van der Waals surface area contributed by atoms with E-state index in [2.05, 4.69) is 0 Å². The van der Waals surface area contributed by atoms with E-state index in [0.717, 1.165) is 42.5 Å². The molecule has 1 aromatic heterocycles. The molecule has 2 heterocycles. The number of halogens is 3. The van der Waals surface area contributed by atoms with Crippen molar-refractivity contribution in [1.29, 1.82) is 0 Å². The standard InChI is InChI=1S/C26H23F3N2O2S/c27-26(28,29)19-8-4-7-18(15-19)25(33)31(20-9-10-20)16-23(32)30-13-11-22-21(12-14-34-22)24(30)17-5-2-1-3-6-17/h1-8,12,14-15,20,24H,9-11,13,16H2. The van der Waals surface area contributed by atoms with Crippen LogP contribution in [0.4, 0.5) is 13.2 Å². The van der Waals surface area contributed by atoms with E-state index in [9.17, 15) is 22.8 Å². The lowest BCUT2D eigenvalue weighted by Crippen LogP contribution is -2.47. The van der Waals surface area contributed by atoms with Crippen molar-refractivity contribution >= 4 is 23.2 Å². The maximum Gasteiger partial charge on any atom is 0.416 e. The van der Waals surface area contributed by atoms with Crippen LogP contribution in [0.2, 0.25) is 0 Å². The van der Waals surface area contributed by atoms with Gasteiger partial charge in [0.25, 0.3) is 5.91 Å². The molecule has 0 N–H and O–H groups in total. The highest BCUT2D eigenvalue weighted by Gasteiger charge is 2.39. The Hall–Kier alpha value is -3.13. The minimum atomic E-state index is -4.54. The van der Waals surface area contributed by atoms with Crippen LogP contribution in [0.25, 0.3) is 0 Å². The number of benzene rings is 2. The predicted octanol–water partition coefficient (Wildman–Crippen LogP) is 5.55. The first-order valence-corrected chi connectivity index (χ1v) is 12.1. The van der Waals surface area contributed by atoms with Crippen molar-refractivity contribution < 1.29 is 22.8 Å². The van der Waals surface area contributed by atoms with E-state index in [1.807, 2.05) is 41.8 Å². The molecule has 0 saturated heterocycles. The fraction of sp³-hybridized carbons (Fsp3) is 0.308. The fourth-order valence-corrected chi connectivity index (χ4v) is 5.47. The van der Waals surface area contributed by atoms with Gasteiger partial charge < -0.3 is 9.80 Å². The molecule has 2 aliphatic rings. The first-order valence-electron chi connectivity index (χ1n) is 11.2. The summed E-state index contributed by atoms with van der Waals surface area (Å²) in [6.45, 7) is 0.380. The van der Waals surface area contributed by atoms with Crippen LogP contribution in [-0.4, -0.2) is 40.7 Å². The zero-order chi connectivity index (χ0) is 23.9. The summed E-state index contributed by atoms with van der Waals surface area (Å²) in [7, 11) is 0. The highest BCUT2D eigenvalue weighted by molar-refractivity contribution is 7.10. The Morgan fingerprint density at radius 1 is 1.03 bits per heavy atom. The van der Waals surface area contributed by atoms with Gasteiger partial charge in [-0.15, -0.1) is 11.3 Å². The summed E-state index contributed by atoms with van der Waals surface area (Å²) in [5.41, 5.74) is 1.17. The van der Waals surface area contributed by atoms with Gasteiger partial charge in [0.1, 0.15) is 6.54 Å². The maximum atomic E-state index is 13.6. The van der Waals surface area contributed by atoms with E-state index < -0.39 is 17.6 Å². The van der Waals surface area contributed by atoms with Crippen LogP contribution in [0, 0.1) is 0 Å².